The summed E-state index contributed by atoms with van der Waals surface area (Å²) in [6.07, 6.45) is -0.544. The van der Waals surface area contributed by atoms with E-state index in [1.807, 2.05) is 0 Å². The van der Waals surface area contributed by atoms with Gasteiger partial charge in [-0.15, -0.1) is 0 Å². The maximum atomic E-state index is 11.5. The number of urea groups is 1. The molecule has 1 aromatic rings. The SMILES string of the molecule is Cc1cc(CNC(=O)N[C@@H](CCC(=O)O)C(=O)O)on1. The van der Waals surface area contributed by atoms with Crippen molar-refractivity contribution in [2.45, 2.75) is 32.4 Å². The number of carboxylic acids is 2. The third-order valence-electron chi connectivity index (χ3n) is 2.35. The summed E-state index contributed by atoms with van der Waals surface area (Å²) >= 11 is 0. The van der Waals surface area contributed by atoms with Crippen molar-refractivity contribution < 1.29 is 29.1 Å². The van der Waals surface area contributed by atoms with Crippen LogP contribution in [-0.2, 0) is 16.1 Å². The van der Waals surface area contributed by atoms with Gasteiger partial charge in [0.15, 0.2) is 5.76 Å². The van der Waals surface area contributed by atoms with Gasteiger partial charge in [-0.05, 0) is 13.3 Å². The molecule has 1 atom stereocenters. The van der Waals surface area contributed by atoms with Crippen molar-refractivity contribution in [2.75, 3.05) is 0 Å². The molecule has 0 saturated heterocycles. The van der Waals surface area contributed by atoms with Gasteiger partial charge >= 0.3 is 18.0 Å². The molecule has 0 aromatic carbocycles. The van der Waals surface area contributed by atoms with Crippen LogP contribution in [0.1, 0.15) is 24.3 Å². The molecule has 0 radical (unpaired) electrons. The molecule has 0 unspecified atom stereocenters. The Morgan fingerprint density at radius 2 is 2.10 bits per heavy atom. The van der Waals surface area contributed by atoms with Crippen LogP contribution in [0.15, 0.2) is 10.6 Å². The minimum atomic E-state index is -1.29. The van der Waals surface area contributed by atoms with Crippen LogP contribution in [0.2, 0.25) is 0 Å². The maximum absolute atomic E-state index is 11.5. The van der Waals surface area contributed by atoms with E-state index in [-0.39, 0.29) is 19.4 Å². The highest BCUT2D eigenvalue weighted by atomic mass is 16.5. The fourth-order valence-electron chi connectivity index (χ4n) is 1.40. The van der Waals surface area contributed by atoms with E-state index in [4.69, 9.17) is 14.7 Å². The molecule has 1 heterocycles. The van der Waals surface area contributed by atoms with Gasteiger partial charge in [-0.3, -0.25) is 4.79 Å². The summed E-state index contributed by atoms with van der Waals surface area (Å²) in [6, 6.07) is -0.362. The van der Waals surface area contributed by atoms with Crippen molar-refractivity contribution in [3.63, 3.8) is 0 Å². The van der Waals surface area contributed by atoms with E-state index in [0.717, 1.165) is 0 Å². The van der Waals surface area contributed by atoms with Crippen LogP contribution in [0.4, 0.5) is 4.79 Å². The first kappa shape index (κ1) is 15.5. The van der Waals surface area contributed by atoms with Gasteiger partial charge in [-0.25, -0.2) is 9.59 Å². The van der Waals surface area contributed by atoms with Crippen molar-refractivity contribution in [3.05, 3.63) is 17.5 Å². The van der Waals surface area contributed by atoms with Crippen molar-refractivity contribution in [2.24, 2.45) is 0 Å². The molecule has 20 heavy (non-hydrogen) atoms. The van der Waals surface area contributed by atoms with Gasteiger partial charge in [-0.2, -0.15) is 0 Å². The molecule has 0 fully saturated rings. The Hall–Kier alpha value is -2.58. The van der Waals surface area contributed by atoms with E-state index in [2.05, 4.69) is 15.8 Å². The molecule has 1 rings (SSSR count). The van der Waals surface area contributed by atoms with E-state index >= 15 is 0 Å². The van der Waals surface area contributed by atoms with E-state index in [1.54, 1.807) is 13.0 Å². The third-order valence-corrected chi connectivity index (χ3v) is 2.35. The van der Waals surface area contributed by atoms with Crippen LogP contribution in [-0.4, -0.2) is 39.4 Å². The first-order valence-electron chi connectivity index (χ1n) is 5.79. The van der Waals surface area contributed by atoms with Crippen molar-refractivity contribution in [3.8, 4) is 0 Å². The second-order valence-corrected chi connectivity index (χ2v) is 4.08. The molecule has 0 bridgehead atoms. The van der Waals surface area contributed by atoms with Crippen LogP contribution in [0.3, 0.4) is 0 Å². The van der Waals surface area contributed by atoms with Crippen LogP contribution in [0.25, 0.3) is 0 Å². The summed E-state index contributed by atoms with van der Waals surface area (Å²) in [4.78, 5) is 32.7. The van der Waals surface area contributed by atoms with Gasteiger partial charge in [0.25, 0.3) is 0 Å². The largest absolute Gasteiger partial charge is 0.481 e. The van der Waals surface area contributed by atoms with Gasteiger partial charge in [0, 0.05) is 12.5 Å². The maximum Gasteiger partial charge on any atom is 0.326 e. The quantitative estimate of drug-likeness (QED) is 0.556. The van der Waals surface area contributed by atoms with Crippen LogP contribution >= 0.6 is 0 Å². The number of hydrogen-bond donors (Lipinski definition) is 4. The predicted molar refractivity (Wildman–Crippen MR) is 64.9 cm³/mol. The zero-order valence-electron chi connectivity index (χ0n) is 10.8. The molecule has 0 spiro atoms. The molecular formula is C11H15N3O6. The van der Waals surface area contributed by atoms with E-state index < -0.39 is 24.0 Å². The van der Waals surface area contributed by atoms with Gasteiger partial charge < -0.3 is 25.4 Å². The first-order valence-corrected chi connectivity index (χ1v) is 5.79. The minimum Gasteiger partial charge on any atom is -0.481 e. The highest BCUT2D eigenvalue weighted by Crippen LogP contribution is 2.01. The molecule has 0 aliphatic heterocycles. The first-order chi connectivity index (χ1) is 9.38. The lowest BCUT2D eigenvalue weighted by molar-refractivity contribution is -0.140. The zero-order chi connectivity index (χ0) is 15.1. The molecule has 1 aromatic heterocycles. The molecule has 0 aliphatic carbocycles. The van der Waals surface area contributed by atoms with Crippen molar-refractivity contribution in [1.82, 2.24) is 15.8 Å². The lowest BCUT2D eigenvalue weighted by atomic mass is 10.1. The molecule has 4 N–H and O–H groups in total. The zero-order valence-corrected chi connectivity index (χ0v) is 10.8. The monoisotopic (exact) mass is 285 g/mol. The molecule has 9 heteroatoms. The van der Waals surface area contributed by atoms with E-state index in [0.29, 0.717) is 11.5 Å². The Morgan fingerprint density at radius 1 is 1.40 bits per heavy atom. The normalized spacial score (nSPS) is 11.7. The second kappa shape index (κ2) is 7.12. The summed E-state index contributed by atoms with van der Waals surface area (Å²) in [5.74, 6) is -2.00. The number of aliphatic carboxylic acids is 2. The number of nitrogens with one attached hydrogen (secondary N) is 2. The van der Waals surface area contributed by atoms with Gasteiger partial charge in [0.2, 0.25) is 0 Å². The Kier molecular flexibility index (Phi) is 5.51. The second-order valence-electron chi connectivity index (χ2n) is 4.08. The van der Waals surface area contributed by atoms with Gasteiger partial charge in [-0.1, -0.05) is 5.16 Å². The number of carbonyl (C=O) groups excluding carboxylic acids is 1. The molecule has 2 amide bonds. The number of amides is 2. The highest BCUT2D eigenvalue weighted by Gasteiger charge is 2.20. The molecule has 110 valence electrons. The smallest absolute Gasteiger partial charge is 0.326 e. The van der Waals surface area contributed by atoms with Gasteiger partial charge in [0.05, 0.1) is 12.2 Å². The predicted octanol–water partition coefficient (Wildman–Crippen LogP) is 0.100. The average Bonchev–Trinajstić information content (AvgIpc) is 2.77. The molecule has 0 aliphatic rings. The summed E-state index contributed by atoms with van der Waals surface area (Å²) in [5, 5.41) is 25.5. The number of aromatic nitrogens is 1. The number of carboxylic acid groups (broad SMARTS) is 2. The number of carbonyl (C=O) groups is 3. The van der Waals surface area contributed by atoms with E-state index in [1.165, 1.54) is 0 Å². The third kappa shape index (κ3) is 5.38. The fraction of sp³-hybridized carbons (Fsp3) is 0.455. The summed E-state index contributed by atoms with van der Waals surface area (Å²) in [7, 11) is 0. The Morgan fingerprint density at radius 3 is 2.60 bits per heavy atom. The average molecular weight is 285 g/mol. The van der Waals surface area contributed by atoms with Crippen LogP contribution in [0, 0.1) is 6.92 Å². The van der Waals surface area contributed by atoms with E-state index in [9.17, 15) is 14.4 Å². The lowest BCUT2D eigenvalue weighted by Crippen LogP contribution is -2.45. The Bertz CT molecular complexity index is 498. The fourth-order valence-corrected chi connectivity index (χ4v) is 1.40. The van der Waals surface area contributed by atoms with Crippen LogP contribution < -0.4 is 10.6 Å². The summed E-state index contributed by atoms with van der Waals surface area (Å²) < 4.78 is 4.86. The molecular weight excluding hydrogens is 270 g/mol. The summed E-state index contributed by atoms with van der Waals surface area (Å²) in [6.45, 7) is 1.78. The number of aryl methyl sites for hydroxylation is 1. The van der Waals surface area contributed by atoms with Gasteiger partial charge in [0.1, 0.15) is 6.04 Å². The van der Waals surface area contributed by atoms with Crippen molar-refractivity contribution in [1.29, 1.82) is 0 Å². The number of rotatable bonds is 7. The molecule has 9 nitrogen and oxygen atoms in total. The standard InChI is InChI=1S/C11H15N3O6/c1-6-4-7(20-14-6)5-12-11(19)13-8(10(17)18)2-3-9(15)16/h4,8H,2-3,5H2,1H3,(H,15,16)(H,17,18)(H2,12,13,19)/t8-/m0/s1. The highest BCUT2D eigenvalue weighted by molar-refractivity contribution is 5.82. The molecule has 0 saturated carbocycles. The number of hydrogen-bond acceptors (Lipinski definition) is 5. The number of nitrogens with zero attached hydrogens (tertiary/aromatic N) is 1. The lowest BCUT2D eigenvalue weighted by Gasteiger charge is -2.13. The van der Waals surface area contributed by atoms with Crippen molar-refractivity contribution >= 4 is 18.0 Å². The Balaban J connectivity index is 2.41. The topological polar surface area (TPSA) is 142 Å². The Labute approximate surface area is 113 Å². The van der Waals surface area contributed by atoms with Crippen LogP contribution in [0.5, 0.6) is 0 Å². The minimum absolute atomic E-state index is 0.0535. The summed E-state index contributed by atoms with van der Waals surface area (Å²) in [5.41, 5.74) is 0.659.